The topological polar surface area (TPSA) is 143 Å². The highest BCUT2D eigenvalue weighted by molar-refractivity contribution is 7.99. The summed E-state index contributed by atoms with van der Waals surface area (Å²) in [7, 11) is 0. The molecule has 0 radical (unpaired) electrons. The molecule has 0 atom stereocenters. The number of benzene rings is 2. The minimum atomic E-state index is -0.493. The van der Waals surface area contributed by atoms with E-state index < -0.39 is 4.92 Å². The zero-order valence-electron chi connectivity index (χ0n) is 16.2. The number of carbonyl (C=O) groups is 2. The standard InChI is InChI=1S/C19H17ClN6O4S/c1-11-8-14(26(29)30)6-7-15(11)22-17(27)10-31-19-23-16(24-25-19)9-21-18(28)12-2-4-13(20)5-3-12/h2-8H,9-10H2,1H3,(H,21,28)(H,22,27)(H,23,24,25). The zero-order chi connectivity index (χ0) is 22.4. The molecular weight excluding hydrogens is 444 g/mol. The van der Waals surface area contributed by atoms with Crippen molar-refractivity contribution in [3.63, 3.8) is 0 Å². The number of aryl methyl sites for hydroxylation is 1. The van der Waals surface area contributed by atoms with Crippen LogP contribution in [-0.4, -0.2) is 37.7 Å². The fourth-order valence-electron chi connectivity index (χ4n) is 2.51. The van der Waals surface area contributed by atoms with Crippen LogP contribution in [0.1, 0.15) is 21.7 Å². The highest BCUT2D eigenvalue weighted by Crippen LogP contribution is 2.22. The second-order valence-electron chi connectivity index (χ2n) is 6.35. The number of nitro groups is 1. The first-order valence-corrected chi connectivity index (χ1v) is 10.3. The molecule has 1 aromatic heterocycles. The lowest BCUT2D eigenvalue weighted by Crippen LogP contribution is -2.23. The minimum absolute atomic E-state index is 0.0405. The molecular formula is C19H17ClN6O4S. The van der Waals surface area contributed by atoms with Crippen LogP contribution in [-0.2, 0) is 11.3 Å². The SMILES string of the molecule is Cc1cc([N+](=O)[O-])ccc1NC(=O)CSc1n[nH]c(CNC(=O)c2ccc(Cl)cc2)n1. The Kier molecular flexibility index (Phi) is 7.21. The van der Waals surface area contributed by atoms with Crippen molar-refractivity contribution in [2.75, 3.05) is 11.1 Å². The highest BCUT2D eigenvalue weighted by Gasteiger charge is 2.12. The van der Waals surface area contributed by atoms with Gasteiger partial charge in [0, 0.05) is 28.4 Å². The van der Waals surface area contributed by atoms with Crippen molar-refractivity contribution < 1.29 is 14.5 Å². The Morgan fingerprint density at radius 1 is 1.23 bits per heavy atom. The number of hydrogen-bond acceptors (Lipinski definition) is 7. The summed E-state index contributed by atoms with van der Waals surface area (Å²) < 4.78 is 0. The Morgan fingerprint density at radius 2 is 1.97 bits per heavy atom. The van der Waals surface area contributed by atoms with Gasteiger partial charge in [0.2, 0.25) is 11.1 Å². The molecule has 0 aliphatic carbocycles. The highest BCUT2D eigenvalue weighted by atomic mass is 35.5. The number of nitrogens with zero attached hydrogens (tertiary/aromatic N) is 3. The molecule has 1 heterocycles. The van der Waals surface area contributed by atoms with Crippen molar-refractivity contribution in [2.24, 2.45) is 0 Å². The Labute approximate surface area is 185 Å². The zero-order valence-corrected chi connectivity index (χ0v) is 17.8. The largest absolute Gasteiger partial charge is 0.345 e. The predicted octanol–water partition coefficient (Wildman–Crippen LogP) is 3.34. The second-order valence-corrected chi connectivity index (χ2v) is 7.73. The molecule has 3 aromatic rings. The van der Waals surface area contributed by atoms with Gasteiger partial charge in [-0.1, -0.05) is 23.4 Å². The van der Waals surface area contributed by atoms with Gasteiger partial charge >= 0.3 is 0 Å². The van der Waals surface area contributed by atoms with Gasteiger partial charge in [-0.25, -0.2) is 4.98 Å². The van der Waals surface area contributed by atoms with Gasteiger partial charge in [-0.2, -0.15) is 0 Å². The molecule has 0 spiro atoms. The molecule has 2 amide bonds. The number of H-pyrrole nitrogens is 1. The number of nitro benzene ring substituents is 1. The smallest absolute Gasteiger partial charge is 0.269 e. The summed E-state index contributed by atoms with van der Waals surface area (Å²) in [6, 6.07) is 10.7. The average molecular weight is 461 g/mol. The number of halogens is 1. The molecule has 0 bridgehead atoms. The maximum atomic E-state index is 12.2. The molecule has 12 heteroatoms. The Morgan fingerprint density at radius 3 is 2.65 bits per heavy atom. The van der Waals surface area contributed by atoms with Gasteiger partial charge in [0.15, 0.2) is 0 Å². The average Bonchev–Trinajstić information content (AvgIpc) is 3.20. The number of non-ortho nitro benzene ring substituents is 1. The van der Waals surface area contributed by atoms with Crippen LogP contribution in [0.4, 0.5) is 11.4 Å². The van der Waals surface area contributed by atoms with Gasteiger partial charge < -0.3 is 10.6 Å². The van der Waals surface area contributed by atoms with Gasteiger partial charge in [0.1, 0.15) is 5.82 Å². The van der Waals surface area contributed by atoms with Crippen LogP contribution < -0.4 is 10.6 Å². The van der Waals surface area contributed by atoms with Crippen LogP contribution in [0.25, 0.3) is 0 Å². The molecule has 160 valence electrons. The van der Waals surface area contributed by atoms with E-state index >= 15 is 0 Å². The number of rotatable bonds is 8. The third-order valence-electron chi connectivity index (χ3n) is 4.06. The number of nitrogens with one attached hydrogen (secondary N) is 3. The Balaban J connectivity index is 1.47. The van der Waals surface area contributed by atoms with Crippen LogP contribution in [0.2, 0.25) is 5.02 Å². The maximum Gasteiger partial charge on any atom is 0.269 e. The van der Waals surface area contributed by atoms with Crippen LogP contribution in [0.5, 0.6) is 0 Å². The molecule has 31 heavy (non-hydrogen) atoms. The molecule has 0 aliphatic rings. The van der Waals surface area contributed by atoms with Gasteiger partial charge in [0.25, 0.3) is 11.6 Å². The number of thioether (sulfide) groups is 1. The molecule has 0 unspecified atom stereocenters. The van der Waals surface area contributed by atoms with Crippen molar-refractivity contribution >= 4 is 46.6 Å². The first-order valence-electron chi connectivity index (χ1n) is 8.94. The number of aromatic nitrogens is 3. The fraction of sp³-hybridized carbons (Fsp3) is 0.158. The minimum Gasteiger partial charge on any atom is -0.345 e. The van der Waals surface area contributed by atoms with Gasteiger partial charge in [-0.3, -0.25) is 24.8 Å². The maximum absolute atomic E-state index is 12.2. The van der Waals surface area contributed by atoms with E-state index in [2.05, 4.69) is 25.8 Å². The van der Waals surface area contributed by atoms with Gasteiger partial charge in [-0.15, -0.1) is 5.10 Å². The number of carbonyl (C=O) groups excluding carboxylic acids is 2. The van der Waals surface area contributed by atoms with Crippen molar-refractivity contribution in [3.05, 3.63) is 74.6 Å². The quantitative estimate of drug-likeness (QED) is 0.265. The van der Waals surface area contributed by atoms with E-state index in [1.807, 2.05) is 0 Å². The summed E-state index contributed by atoms with van der Waals surface area (Å²) in [5.41, 5.74) is 1.51. The van der Waals surface area contributed by atoms with Crippen LogP contribution in [0, 0.1) is 17.0 Å². The van der Waals surface area contributed by atoms with E-state index in [-0.39, 0.29) is 29.8 Å². The summed E-state index contributed by atoms with van der Waals surface area (Å²) in [5, 5.41) is 23.8. The van der Waals surface area contributed by atoms with E-state index in [0.29, 0.717) is 32.8 Å². The molecule has 10 nitrogen and oxygen atoms in total. The van der Waals surface area contributed by atoms with Gasteiger partial charge in [-0.05, 0) is 42.8 Å². The summed E-state index contributed by atoms with van der Waals surface area (Å²) in [5.74, 6) is -0.0916. The molecule has 2 aromatic carbocycles. The fourth-order valence-corrected chi connectivity index (χ4v) is 3.25. The molecule has 0 aliphatic heterocycles. The summed E-state index contributed by atoms with van der Waals surface area (Å²) in [6.07, 6.45) is 0. The first-order chi connectivity index (χ1) is 14.8. The van der Waals surface area contributed by atoms with E-state index in [1.165, 1.54) is 18.2 Å². The molecule has 0 saturated heterocycles. The van der Waals surface area contributed by atoms with Crippen molar-refractivity contribution in [1.29, 1.82) is 0 Å². The number of anilines is 1. The second kappa shape index (κ2) is 10.0. The lowest BCUT2D eigenvalue weighted by molar-refractivity contribution is -0.384. The molecule has 0 saturated carbocycles. The monoisotopic (exact) mass is 460 g/mol. The summed E-state index contributed by atoms with van der Waals surface area (Å²) >= 11 is 6.92. The summed E-state index contributed by atoms with van der Waals surface area (Å²) in [6.45, 7) is 1.82. The van der Waals surface area contributed by atoms with E-state index in [4.69, 9.17) is 11.6 Å². The molecule has 3 rings (SSSR count). The molecule has 3 N–H and O–H groups in total. The predicted molar refractivity (Wildman–Crippen MR) is 116 cm³/mol. The number of aromatic amines is 1. The van der Waals surface area contributed by atoms with Crippen LogP contribution in [0.15, 0.2) is 47.6 Å². The summed E-state index contributed by atoms with van der Waals surface area (Å²) in [4.78, 5) is 38.8. The van der Waals surface area contributed by atoms with E-state index in [1.54, 1.807) is 31.2 Å². The van der Waals surface area contributed by atoms with Crippen molar-refractivity contribution in [2.45, 2.75) is 18.6 Å². The number of hydrogen-bond donors (Lipinski definition) is 3. The van der Waals surface area contributed by atoms with Gasteiger partial charge in [0.05, 0.1) is 17.2 Å². The number of amides is 2. The van der Waals surface area contributed by atoms with E-state index in [9.17, 15) is 19.7 Å². The molecule has 0 fully saturated rings. The van der Waals surface area contributed by atoms with Crippen molar-refractivity contribution in [1.82, 2.24) is 20.5 Å². The Bertz CT molecular complexity index is 1120. The lowest BCUT2D eigenvalue weighted by Gasteiger charge is -2.07. The lowest BCUT2D eigenvalue weighted by atomic mass is 10.2. The van der Waals surface area contributed by atoms with Crippen molar-refractivity contribution in [3.8, 4) is 0 Å². The van der Waals surface area contributed by atoms with Crippen LogP contribution >= 0.6 is 23.4 Å². The normalized spacial score (nSPS) is 10.5. The first kappa shape index (κ1) is 22.2. The third kappa shape index (κ3) is 6.27. The van der Waals surface area contributed by atoms with E-state index in [0.717, 1.165) is 11.8 Å². The third-order valence-corrected chi connectivity index (χ3v) is 5.16. The van der Waals surface area contributed by atoms with Crippen LogP contribution in [0.3, 0.4) is 0 Å². The Hall–Kier alpha value is -3.44.